The van der Waals surface area contributed by atoms with Crippen LogP contribution >= 0.6 is 11.6 Å². The van der Waals surface area contributed by atoms with Crippen molar-refractivity contribution >= 4 is 29.2 Å². The van der Waals surface area contributed by atoms with E-state index in [2.05, 4.69) is 10.6 Å². The highest BCUT2D eigenvalue weighted by atomic mass is 35.5. The van der Waals surface area contributed by atoms with E-state index in [0.29, 0.717) is 35.9 Å². The minimum atomic E-state index is -0.202. The first-order valence-corrected chi connectivity index (χ1v) is 8.09. The Hall–Kier alpha value is -2.47. The number of hydrogen-bond acceptors (Lipinski definition) is 2. The van der Waals surface area contributed by atoms with Gasteiger partial charge in [0.2, 0.25) is 0 Å². The van der Waals surface area contributed by atoms with Crippen molar-refractivity contribution in [2.45, 2.75) is 13.5 Å². The van der Waals surface area contributed by atoms with Gasteiger partial charge in [-0.25, -0.2) is 4.79 Å². The Kier molecular flexibility index (Phi) is 4.49. The number of carbonyl (C=O) groups is 2. The van der Waals surface area contributed by atoms with Crippen molar-refractivity contribution in [2.75, 3.05) is 18.0 Å². The van der Waals surface area contributed by atoms with Gasteiger partial charge in [-0.2, -0.15) is 0 Å². The molecule has 2 N–H and O–H groups in total. The first-order chi connectivity index (χ1) is 11.5. The van der Waals surface area contributed by atoms with E-state index >= 15 is 0 Å². The van der Waals surface area contributed by atoms with E-state index in [1.165, 1.54) is 0 Å². The summed E-state index contributed by atoms with van der Waals surface area (Å²) in [4.78, 5) is 25.8. The Morgan fingerprint density at radius 2 is 2.12 bits per heavy atom. The number of aryl methyl sites for hydroxylation is 1. The summed E-state index contributed by atoms with van der Waals surface area (Å²) < 4.78 is 2.03. The van der Waals surface area contributed by atoms with Crippen LogP contribution in [-0.2, 0) is 13.6 Å². The molecular weight excluding hydrogens is 328 g/mol. The lowest BCUT2D eigenvalue weighted by Gasteiger charge is -2.17. The van der Waals surface area contributed by atoms with Crippen LogP contribution < -0.4 is 15.5 Å². The van der Waals surface area contributed by atoms with Gasteiger partial charge in [-0.3, -0.25) is 9.69 Å². The maximum absolute atomic E-state index is 12.4. The zero-order valence-electron chi connectivity index (χ0n) is 13.6. The van der Waals surface area contributed by atoms with Gasteiger partial charge in [-0.15, -0.1) is 0 Å². The highest BCUT2D eigenvalue weighted by Gasteiger charge is 2.24. The lowest BCUT2D eigenvalue weighted by molar-refractivity contribution is 0.0950. The van der Waals surface area contributed by atoms with Gasteiger partial charge in [0.25, 0.3) is 5.91 Å². The monoisotopic (exact) mass is 346 g/mol. The zero-order chi connectivity index (χ0) is 17.3. The molecule has 1 aliphatic rings. The molecular formula is C17H19ClN4O2. The molecule has 6 nitrogen and oxygen atoms in total. The van der Waals surface area contributed by atoms with Crippen molar-refractivity contribution in [3.05, 3.63) is 52.3 Å². The third kappa shape index (κ3) is 3.10. The zero-order valence-corrected chi connectivity index (χ0v) is 14.4. The Morgan fingerprint density at radius 3 is 2.75 bits per heavy atom. The molecule has 2 aromatic rings. The molecule has 1 aliphatic heterocycles. The van der Waals surface area contributed by atoms with Crippen LogP contribution in [0.3, 0.4) is 0 Å². The SMILES string of the molecule is Cc1ccc(CNC(=O)c2ccc(Cl)c(N3CCNC3=O)c2)n1C. The van der Waals surface area contributed by atoms with Gasteiger partial charge in [0.15, 0.2) is 0 Å². The second-order valence-corrected chi connectivity index (χ2v) is 6.16. The van der Waals surface area contributed by atoms with Crippen molar-refractivity contribution in [2.24, 2.45) is 7.05 Å². The lowest BCUT2D eigenvalue weighted by Crippen LogP contribution is -2.29. The number of anilines is 1. The molecule has 3 amide bonds. The van der Waals surface area contributed by atoms with E-state index in [4.69, 9.17) is 11.6 Å². The van der Waals surface area contributed by atoms with Gasteiger partial charge < -0.3 is 15.2 Å². The Labute approximate surface area is 145 Å². The van der Waals surface area contributed by atoms with Gasteiger partial charge in [0, 0.05) is 37.1 Å². The molecule has 126 valence electrons. The summed E-state index contributed by atoms with van der Waals surface area (Å²) in [5.74, 6) is -0.202. The number of urea groups is 1. The predicted molar refractivity (Wildman–Crippen MR) is 93.5 cm³/mol. The van der Waals surface area contributed by atoms with E-state index in [0.717, 1.165) is 11.4 Å². The average Bonchev–Trinajstić information content (AvgIpc) is 3.13. The van der Waals surface area contributed by atoms with Crippen molar-refractivity contribution in [3.63, 3.8) is 0 Å². The van der Waals surface area contributed by atoms with Crippen LogP contribution in [0.1, 0.15) is 21.7 Å². The number of amides is 3. The van der Waals surface area contributed by atoms with Crippen molar-refractivity contribution in [1.29, 1.82) is 0 Å². The number of benzene rings is 1. The Bertz CT molecular complexity index is 800. The molecule has 0 bridgehead atoms. The largest absolute Gasteiger partial charge is 0.350 e. The molecule has 7 heteroatoms. The van der Waals surface area contributed by atoms with Crippen LogP contribution in [0.15, 0.2) is 30.3 Å². The fourth-order valence-corrected chi connectivity index (χ4v) is 2.90. The van der Waals surface area contributed by atoms with Crippen LogP contribution in [0.25, 0.3) is 0 Å². The molecule has 1 saturated heterocycles. The van der Waals surface area contributed by atoms with Crippen LogP contribution in [0, 0.1) is 6.92 Å². The van der Waals surface area contributed by atoms with E-state index in [1.807, 2.05) is 30.7 Å². The number of hydrogen-bond donors (Lipinski definition) is 2. The lowest BCUT2D eigenvalue weighted by atomic mass is 10.1. The van der Waals surface area contributed by atoms with Gasteiger partial charge in [0.05, 0.1) is 17.3 Å². The summed E-state index contributed by atoms with van der Waals surface area (Å²) in [5, 5.41) is 6.07. The Balaban J connectivity index is 1.75. The second-order valence-electron chi connectivity index (χ2n) is 5.76. The number of halogens is 1. The molecule has 0 aliphatic carbocycles. The number of rotatable bonds is 4. The summed E-state index contributed by atoms with van der Waals surface area (Å²) in [6.07, 6.45) is 0. The molecule has 0 atom stereocenters. The maximum atomic E-state index is 12.4. The molecule has 1 fully saturated rings. The molecule has 24 heavy (non-hydrogen) atoms. The van der Waals surface area contributed by atoms with Gasteiger partial charge in [0.1, 0.15) is 0 Å². The predicted octanol–water partition coefficient (Wildman–Crippen LogP) is 2.45. The normalized spacial score (nSPS) is 14.0. The molecule has 3 rings (SSSR count). The minimum Gasteiger partial charge on any atom is -0.350 e. The molecule has 0 saturated carbocycles. The van der Waals surface area contributed by atoms with Crippen molar-refractivity contribution < 1.29 is 9.59 Å². The van der Waals surface area contributed by atoms with Crippen molar-refractivity contribution in [3.8, 4) is 0 Å². The third-order valence-electron chi connectivity index (χ3n) is 4.26. The summed E-state index contributed by atoms with van der Waals surface area (Å²) in [5.41, 5.74) is 3.18. The van der Waals surface area contributed by atoms with Gasteiger partial charge in [-0.05, 0) is 37.3 Å². The fraction of sp³-hybridized carbons (Fsp3) is 0.294. The van der Waals surface area contributed by atoms with E-state index in [9.17, 15) is 9.59 Å². The number of aromatic nitrogens is 1. The van der Waals surface area contributed by atoms with Crippen LogP contribution in [0.2, 0.25) is 5.02 Å². The van der Waals surface area contributed by atoms with E-state index in [1.54, 1.807) is 23.1 Å². The van der Waals surface area contributed by atoms with Crippen molar-refractivity contribution in [1.82, 2.24) is 15.2 Å². The molecule has 0 radical (unpaired) electrons. The number of nitrogens with zero attached hydrogens (tertiary/aromatic N) is 2. The standard InChI is InChI=1S/C17H19ClN4O2/c1-11-3-5-13(21(11)2)10-20-16(23)12-4-6-14(18)15(9-12)22-8-7-19-17(22)24/h3-6,9H,7-8,10H2,1-2H3,(H,19,24)(H,20,23). The smallest absolute Gasteiger partial charge is 0.322 e. The highest BCUT2D eigenvalue weighted by molar-refractivity contribution is 6.34. The maximum Gasteiger partial charge on any atom is 0.322 e. The van der Waals surface area contributed by atoms with E-state index < -0.39 is 0 Å². The summed E-state index contributed by atoms with van der Waals surface area (Å²) in [7, 11) is 1.96. The van der Waals surface area contributed by atoms with Gasteiger partial charge in [-0.1, -0.05) is 11.6 Å². The molecule has 0 unspecified atom stereocenters. The van der Waals surface area contributed by atoms with Crippen LogP contribution in [-0.4, -0.2) is 29.6 Å². The highest BCUT2D eigenvalue weighted by Crippen LogP contribution is 2.28. The topological polar surface area (TPSA) is 66.4 Å². The molecule has 0 spiro atoms. The first-order valence-electron chi connectivity index (χ1n) is 7.71. The molecule has 2 heterocycles. The number of carbonyl (C=O) groups excluding carboxylic acids is 2. The summed E-state index contributed by atoms with van der Waals surface area (Å²) in [6, 6.07) is 8.74. The quantitative estimate of drug-likeness (QED) is 0.893. The van der Waals surface area contributed by atoms with Crippen LogP contribution in [0.4, 0.5) is 10.5 Å². The second kappa shape index (κ2) is 6.57. The van der Waals surface area contributed by atoms with Crippen LogP contribution in [0.5, 0.6) is 0 Å². The summed E-state index contributed by atoms with van der Waals surface area (Å²) >= 11 is 6.19. The molecule has 1 aromatic heterocycles. The third-order valence-corrected chi connectivity index (χ3v) is 4.58. The fourth-order valence-electron chi connectivity index (χ4n) is 2.68. The first kappa shape index (κ1) is 16.4. The average molecular weight is 347 g/mol. The molecule has 1 aromatic carbocycles. The number of nitrogens with one attached hydrogen (secondary N) is 2. The summed E-state index contributed by atoms with van der Waals surface area (Å²) in [6.45, 7) is 3.55. The van der Waals surface area contributed by atoms with E-state index in [-0.39, 0.29) is 11.9 Å². The Morgan fingerprint density at radius 1 is 1.33 bits per heavy atom. The minimum absolute atomic E-state index is 0.200. The van der Waals surface area contributed by atoms with Gasteiger partial charge >= 0.3 is 6.03 Å².